The number of carbonyl (C=O) groups is 2. The largest absolute Gasteiger partial charge is 0.454 e. The number of nitrogens with zero attached hydrogens (tertiary/aromatic N) is 1. The predicted octanol–water partition coefficient (Wildman–Crippen LogP) is 2.76. The Kier molecular flexibility index (Phi) is 7.33. The van der Waals surface area contributed by atoms with Crippen LogP contribution < -0.4 is 5.32 Å². The first-order chi connectivity index (χ1) is 13.0. The standard InChI is InChI=1S/C18H18N2O6S/c1-27-14-5-2-12(3-6-14)17(22)11-26-18(23)15-10-13(20(24)25)4-7-16(15)19-8-9-21/h2-7,10,19,21H,8-9,11H2,1H3. The summed E-state index contributed by atoms with van der Waals surface area (Å²) in [5.41, 5.74) is 0.313. The van der Waals surface area contributed by atoms with Crippen molar-refractivity contribution >= 4 is 34.9 Å². The Balaban J connectivity index is 2.12. The molecule has 2 aromatic rings. The van der Waals surface area contributed by atoms with Gasteiger partial charge in [-0.3, -0.25) is 14.9 Å². The van der Waals surface area contributed by atoms with Gasteiger partial charge in [-0.2, -0.15) is 0 Å². The molecule has 2 N–H and O–H groups in total. The van der Waals surface area contributed by atoms with Crippen LogP contribution in [-0.4, -0.2) is 47.8 Å². The van der Waals surface area contributed by atoms with Gasteiger partial charge in [0.15, 0.2) is 12.4 Å². The van der Waals surface area contributed by atoms with Gasteiger partial charge in [-0.1, -0.05) is 12.1 Å². The van der Waals surface area contributed by atoms with Crippen LogP contribution in [0.1, 0.15) is 20.7 Å². The number of carbonyl (C=O) groups excluding carboxylic acids is 2. The number of esters is 1. The first-order valence-corrected chi connectivity index (χ1v) is 9.16. The molecule has 0 heterocycles. The van der Waals surface area contributed by atoms with E-state index in [2.05, 4.69) is 5.32 Å². The van der Waals surface area contributed by atoms with Crippen LogP contribution in [0.15, 0.2) is 47.4 Å². The van der Waals surface area contributed by atoms with E-state index in [9.17, 15) is 19.7 Å². The molecule has 0 spiro atoms. The molecule has 0 saturated heterocycles. The third-order valence-corrected chi connectivity index (χ3v) is 4.35. The highest BCUT2D eigenvalue weighted by atomic mass is 32.2. The number of thioether (sulfide) groups is 1. The number of non-ortho nitro benzene ring substituents is 1. The SMILES string of the molecule is CSc1ccc(C(=O)COC(=O)c2cc([N+](=O)[O-])ccc2NCCO)cc1. The van der Waals surface area contributed by atoms with E-state index >= 15 is 0 Å². The molecular formula is C18H18N2O6S. The quantitative estimate of drug-likeness (QED) is 0.221. The second-order valence-corrected chi connectivity index (χ2v) is 6.24. The van der Waals surface area contributed by atoms with Crippen molar-refractivity contribution in [2.75, 3.05) is 31.3 Å². The summed E-state index contributed by atoms with van der Waals surface area (Å²) in [5, 5.41) is 22.6. The van der Waals surface area contributed by atoms with Gasteiger partial charge in [-0.25, -0.2) is 4.79 Å². The highest BCUT2D eigenvalue weighted by molar-refractivity contribution is 7.98. The summed E-state index contributed by atoms with van der Waals surface area (Å²) in [4.78, 5) is 35.8. The van der Waals surface area contributed by atoms with Crippen LogP contribution in [-0.2, 0) is 4.74 Å². The Morgan fingerprint density at radius 1 is 1.22 bits per heavy atom. The summed E-state index contributed by atoms with van der Waals surface area (Å²) in [6.45, 7) is -0.519. The molecule has 0 aliphatic rings. The molecule has 27 heavy (non-hydrogen) atoms. The number of Topliss-reactive ketones (excluding diaryl/α,β-unsaturated/α-hetero) is 1. The van der Waals surface area contributed by atoms with Gasteiger partial charge in [-0.05, 0) is 24.5 Å². The van der Waals surface area contributed by atoms with E-state index in [0.717, 1.165) is 11.0 Å². The molecule has 0 amide bonds. The van der Waals surface area contributed by atoms with Crippen molar-refractivity contribution in [2.24, 2.45) is 0 Å². The van der Waals surface area contributed by atoms with Crippen molar-refractivity contribution in [3.05, 3.63) is 63.7 Å². The van der Waals surface area contributed by atoms with E-state index < -0.39 is 17.5 Å². The number of nitro groups is 1. The molecule has 9 heteroatoms. The maximum Gasteiger partial charge on any atom is 0.340 e. The minimum absolute atomic E-state index is 0.0804. The Bertz CT molecular complexity index is 838. The fraction of sp³-hybridized carbons (Fsp3) is 0.222. The predicted molar refractivity (Wildman–Crippen MR) is 102 cm³/mol. The lowest BCUT2D eigenvalue weighted by Crippen LogP contribution is -2.17. The van der Waals surface area contributed by atoms with Crippen molar-refractivity contribution in [3.63, 3.8) is 0 Å². The van der Waals surface area contributed by atoms with E-state index in [0.29, 0.717) is 5.56 Å². The number of hydrogen-bond donors (Lipinski definition) is 2. The maximum atomic E-state index is 12.3. The lowest BCUT2D eigenvalue weighted by atomic mass is 10.1. The van der Waals surface area contributed by atoms with Crippen LogP contribution in [0.3, 0.4) is 0 Å². The Hall–Kier alpha value is -2.91. The molecule has 142 valence electrons. The molecule has 0 radical (unpaired) electrons. The summed E-state index contributed by atoms with van der Waals surface area (Å²) in [6.07, 6.45) is 1.92. The Morgan fingerprint density at radius 3 is 2.52 bits per heavy atom. The van der Waals surface area contributed by atoms with Crippen molar-refractivity contribution in [1.29, 1.82) is 0 Å². The van der Waals surface area contributed by atoms with Gasteiger partial charge in [0.05, 0.1) is 17.1 Å². The molecular weight excluding hydrogens is 372 g/mol. The average molecular weight is 390 g/mol. The zero-order valence-electron chi connectivity index (χ0n) is 14.5. The zero-order chi connectivity index (χ0) is 19.8. The number of anilines is 1. The van der Waals surface area contributed by atoms with Crippen LogP contribution in [0.4, 0.5) is 11.4 Å². The number of aliphatic hydroxyl groups excluding tert-OH is 1. The molecule has 0 fully saturated rings. The molecule has 0 aliphatic heterocycles. The summed E-state index contributed by atoms with van der Waals surface area (Å²) in [7, 11) is 0. The fourth-order valence-corrected chi connectivity index (χ4v) is 2.64. The van der Waals surface area contributed by atoms with E-state index in [-0.39, 0.29) is 35.9 Å². The fourth-order valence-electron chi connectivity index (χ4n) is 2.23. The number of aliphatic hydroxyl groups is 1. The molecule has 0 bridgehead atoms. The summed E-state index contributed by atoms with van der Waals surface area (Å²) >= 11 is 1.54. The van der Waals surface area contributed by atoms with Crippen LogP contribution in [0.25, 0.3) is 0 Å². The van der Waals surface area contributed by atoms with Crippen LogP contribution in [0, 0.1) is 10.1 Å². The summed E-state index contributed by atoms with van der Waals surface area (Å²) < 4.78 is 5.04. The second-order valence-electron chi connectivity index (χ2n) is 5.37. The topological polar surface area (TPSA) is 119 Å². The monoisotopic (exact) mass is 390 g/mol. The maximum absolute atomic E-state index is 12.3. The number of ketones is 1. The summed E-state index contributed by atoms with van der Waals surface area (Å²) in [6, 6.07) is 10.5. The second kappa shape index (κ2) is 9.70. The first-order valence-electron chi connectivity index (χ1n) is 7.93. The molecule has 0 saturated carbocycles. The average Bonchev–Trinajstić information content (AvgIpc) is 2.70. The van der Waals surface area contributed by atoms with Crippen molar-refractivity contribution in [1.82, 2.24) is 0 Å². The van der Waals surface area contributed by atoms with Crippen molar-refractivity contribution in [2.45, 2.75) is 4.90 Å². The number of nitrogens with one attached hydrogen (secondary N) is 1. The third-order valence-electron chi connectivity index (χ3n) is 3.61. The molecule has 2 rings (SSSR count). The highest BCUT2D eigenvalue weighted by Gasteiger charge is 2.19. The van der Waals surface area contributed by atoms with Gasteiger partial charge in [0, 0.05) is 34.8 Å². The Labute approximate surface area is 159 Å². The minimum Gasteiger partial charge on any atom is -0.454 e. The van der Waals surface area contributed by atoms with Gasteiger partial charge in [0.2, 0.25) is 0 Å². The smallest absolute Gasteiger partial charge is 0.340 e. The van der Waals surface area contributed by atoms with E-state index in [1.54, 1.807) is 24.3 Å². The zero-order valence-corrected chi connectivity index (χ0v) is 15.3. The molecule has 8 nitrogen and oxygen atoms in total. The number of rotatable bonds is 9. The van der Waals surface area contributed by atoms with Crippen molar-refractivity contribution in [3.8, 4) is 0 Å². The first kappa shape index (κ1) is 20.4. The molecule has 0 unspecified atom stereocenters. The number of benzene rings is 2. The minimum atomic E-state index is -0.867. The number of ether oxygens (including phenoxy) is 1. The van der Waals surface area contributed by atoms with Crippen molar-refractivity contribution < 1.29 is 24.4 Å². The van der Waals surface area contributed by atoms with Gasteiger partial charge < -0.3 is 15.2 Å². The normalized spacial score (nSPS) is 10.3. The van der Waals surface area contributed by atoms with Gasteiger partial charge in [-0.15, -0.1) is 11.8 Å². The third kappa shape index (κ3) is 5.53. The lowest BCUT2D eigenvalue weighted by Gasteiger charge is -2.11. The molecule has 0 aromatic heterocycles. The molecule has 2 aromatic carbocycles. The van der Waals surface area contributed by atoms with E-state index in [1.165, 1.54) is 23.9 Å². The Morgan fingerprint density at radius 2 is 1.93 bits per heavy atom. The number of nitro benzene ring substituents is 1. The van der Waals surface area contributed by atoms with Crippen LogP contribution >= 0.6 is 11.8 Å². The summed E-state index contributed by atoms with van der Waals surface area (Å²) in [5.74, 6) is -1.25. The molecule has 0 aliphatic carbocycles. The number of hydrogen-bond acceptors (Lipinski definition) is 8. The van der Waals surface area contributed by atoms with Gasteiger partial charge in [0.1, 0.15) is 0 Å². The van der Waals surface area contributed by atoms with Gasteiger partial charge in [0.25, 0.3) is 5.69 Å². The van der Waals surface area contributed by atoms with Crippen LogP contribution in [0.2, 0.25) is 0 Å². The van der Waals surface area contributed by atoms with E-state index in [1.807, 2.05) is 6.26 Å². The molecule has 0 atom stereocenters. The lowest BCUT2D eigenvalue weighted by molar-refractivity contribution is -0.384. The van der Waals surface area contributed by atoms with E-state index in [4.69, 9.17) is 9.84 Å². The van der Waals surface area contributed by atoms with Gasteiger partial charge >= 0.3 is 5.97 Å². The van der Waals surface area contributed by atoms with Crippen LogP contribution in [0.5, 0.6) is 0 Å². The highest BCUT2D eigenvalue weighted by Crippen LogP contribution is 2.23.